The molecule has 0 saturated carbocycles. The molecular formula is C13H41KNO6-25. The van der Waals surface area contributed by atoms with Gasteiger partial charge in [-0.2, -0.15) is 0 Å². The van der Waals surface area contributed by atoms with E-state index in [2.05, 4.69) is 14.5 Å². The third-order valence-electron chi connectivity index (χ3n) is 3.30. The Morgan fingerprint density at radius 2 is 2.05 bits per heavy atom. The molecule has 0 bridgehead atoms. The summed E-state index contributed by atoms with van der Waals surface area (Å²) in [6.45, 7) is 0. The summed E-state index contributed by atoms with van der Waals surface area (Å²) >= 11 is 0. The first-order chi connectivity index (χ1) is 9.55. The van der Waals surface area contributed by atoms with Crippen molar-refractivity contribution in [1.29, 1.82) is 0 Å². The number of ketones is 1. The molecule has 160 valence electrons. The Kier molecular flexibility index (Phi) is 7.21. The summed E-state index contributed by atoms with van der Waals surface area (Å²) in [5, 5.41) is 0. The number of oxazole rings is 1. The summed E-state index contributed by atoms with van der Waals surface area (Å²) in [4.78, 5) is 38.4. The van der Waals surface area contributed by atoms with E-state index >= 15 is 0 Å². The van der Waals surface area contributed by atoms with Gasteiger partial charge in [-0.05, 0) is 12.8 Å². The average Bonchev–Trinajstić information content (AvgIpc) is 2.88. The van der Waals surface area contributed by atoms with Crippen LogP contribution in [-0.4, -0.2) is 36.9 Å². The first-order valence-electron chi connectivity index (χ1n) is 6.21. The Morgan fingerprint density at radius 3 is 2.67 bits per heavy atom. The van der Waals surface area contributed by atoms with E-state index in [0.717, 1.165) is 0 Å². The Balaban J connectivity index is -0.00000000681. The Bertz CT molecular complexity index is 599. The van der Waals surface area contributed by atoms with Gasteiger partial charge in [-0.25, -0.2) is 9.78 Å². The van der Waals surface area contributed by atoms with Crippen LogP contribution in [-0.2, 0) is 31.9 Å². The van der Waals surface area contributed by atoms with Gasteiger partial charge in [0.25, 0.3) is 0 Å². The van der Waals surface area contributed by atoms with E-state index in [9.17, 15) is 14.4 Å². The number of carbonyl (C=O) groups excluding carboxylic acids is 3. The first-order valence-corrected chi connectivity index (χ1v) is 6.21. The molecule has 0 saturated heterocycles. The van der Waals surface area contributed by atoms with Crippen molar-refractivity contribution in [3.05, 3.63) is 17.3 Å². The molecule has 0 amide bonds. The van der Waals surface area contributed by atoms with Crippen LogP contribution >= 0.6 is 0 Å². The van der Waals surface area contributed by atoms with Crippen LogP contribution in [0.15, 0.2) is 4.42 Å². The number of rotatable bonds is 4. The molecule has 1 aliphatic carbocycles. The number of ether oxygens (including phenoxy) is 2. The topological polar surface area (TPSA) is 95.7 Å². The molecule has 1 aliphatic rings. The monoisotopic (exact) mass is 398 g/mol. The molecule has 1 unspecified atom stereocenters. The predicted molar refractivity (Wildman–Crippen MR) is 93.9 cm³/mol. The molecule has 1 aromatic rings. The molecule has 0 aliphatic heterocycles. The zero-order valence-corrected chi connectivity index (χ0v) is 15.4. The molecule has 0 fully saturated rings. The van der Waals surface area contributed by atoms with E-state index < -0.39 is 11.9 Å². The average molecular weight is 399 g/mol. The van der Waals surface area contributed by atoms with Gasteiger partial charge in [-0.15, -0.1) is 0 Å². The quantitative estimate of drug-likeness (QED) is 0.417. The summed E-state index contributed by atoms with van der Waals surface area (Å²) in [5.41, 5.74) is 0.674. The number of hydrogen-bond donors (Lipinski definition) is 0. The van der Waals surface area contributed by atoms with Gasteiger partial charge in [0, 0.05) is 12.3 Å². The molecule has 21 heavy (non-hydrogen) atoms. The Morgan fingerprint density at radius 1 is 1.33 bits per heavy atom. The van der Waals surface area contributed by atoms with Crippen LogP contribution in [0.4, 0.5) is 0 Å². The van der Waals surface area contributed by atoms with Crippen LogP contribution in [0.5, 0.6) is 0 Å². The van der Waals surface area contributed by atoms with Crippen molar-refractivity contribution >= 4 is 17.7 Å². The fourth-order valence-corrected chi connectivity index (χ4v) is 2.18. The van der Waals surface area contributed by atoms with Crippen LogP contribution in [0.1, 0.15) is 72.1 Å². The summed E-state index contributed by atoms with van der Waals surface area (Å²) in [5.74, 6) is -1.26. The number of aromatic nitrogens is 1. The third-order valence-corrected chi connectivity index (χ3v) is 3.30. The second kappa shape index (κ2) is 8.18. The smallest absolute Gasteiger partial charge is 1.00 e. The van der Waals surface area contributed by atoms with Gasteiger partial charge in [0.05, 0.1) is 19.9 Å². The maximum absolute atomic E-state index is 11.9. The van der Waals surface area contributed by atoms with E-state index in [4.69, 9.17) is 4.42 Å². The molecule has 1 aromatic heterocycles. The molecule has 0 radical (unpaired) electrons. The summed E-state index contributed by atoms with van der Waals surface area (Å²) < 4.78 is 14.3. The van der Waals surface area contributed by atoms with Crippen LogP contribution in [0, 0.1) is 5.92 Å². The molecule has 2 rings (SSSR count). The van der Waals surface area contributed by atoms with Crippen molar-refractivity contribution in [3.8, 4) is 0 Å². The number of Topliss-reactive ketones (excluding diaryl/α,β-unsaturated/α-hetero) is 1. The Hall–Kier alpha value is -0.544. The van der Waals surface area contributed by atoms with Crippen molar-refractivity contribution in [1.82, 2.24) is 4.98 Å². The minimum absolute atomic E-state index is 0. The molecule has 0 aromatic carbocycles. The van der Waals surface area contributed by atoms with Crippen LogP contribution in [0.2, 0.25) is 0 Å². The van der Waals surface area contributed by atoms with Gasteiger partial charge in [0.2, 0.25) is 0 Å². The zero-order chi connectivity index (χ0) is 14.7. The normalized spacial score (nSPS) is 16.4. The largest absolute Gasteiger partial charge is 1.00 e. The van der Waals surface area contributed by atoms with Crippen LogP contribution < -0.4 is 51.4 Å². The van der Waals surface area contributed by atoms with Gasteiger partial charge in [0.15, 0.2) is 0 Å². The van der Waals surface area contributed by atoms with E-state index in [1.807, 2.05) is 0 Å². The summed E-state index contributed by atoms with van der Waals surface area (Å²) in [7, 11) is 2.49. The predicted octanol–water partition coefficient (Wildman–Crippen LogP) is 0.627. The summed E-state index contributed by atoms with van der Waals surface area (Å²) in [6.07, 6.45) is 1.22. The second-order valence-electron chi connectivity index (χ2n) is 4.54. The minimum Gasteiger partial charge on any atom is -1.00 e. The van der Waals surface area contributed by atoms with Crippen molar-refractivity contribution in [2.45, 2.75) is 25.7 Å². The number of hydrogen-bond acceptors (Lipinski definition) is 7. The van der Waals surface area contributed by atoms with Crippen LogP contribution in [0.3, 0.4) is 0 Å². The van der Waals surface area contributed by atoms with Gasteiger partial charge in [0.1, 0.15) is 18.0 Å². The minimum atomic E-state index is -0.642. The number of carbonyl (C=O) groups is 3. The van der Waals surface area contributed by atoms with Crippen molar-refractivity contribution in [2.24, 2.45) is 5.92 Å². The third kappa shape index (κ3) is 4.46. The Labute approximate surface area is 202 Å². The van der Waals surface area contributed by atoms with Gasteiger partial charge >= 0.3 is 69.2 Å². The second-order valence-corrected chi connectivity index (χ2v) is 4.54. The van der Waals surface area contributed by atoms with Crippen molar-refractivity contribution in [3.63, 3.8) is 0 Å². The molecule has 8 heteroatoms. The van der Waals surface area contributed by atoms with E-state index in [0.29, 0.717) is 30.7 Å². The van der Waals surface area contributed by atoms with Gasteiger partial charge in [-0.3, -0.25) is 9.59 Å². The maximum atomic E-state index is 11.9. The van der Waals surface area contributed by atoms with Gasteiger partial charge in [-0.1, -0.05) is 0 Å². The van der Waals surface area contributed by atoms with Crippen molar-refractivity contribution < 1.29 is 117 Å². The number of aryl methyl sites for hydroxylation is 1. The summed E-state index contributed by atoms with van der Waals surface area (Å²) in [6, 6.07) is 0. The number of methoxy groups -OCH3 is 2. The number of esters is 2. The zero-order valence-electron chi connectivity index (χ0n) is 38.3. The van der Waals surface area contributed by atoms with Crippen LogP contribution in [0.25, 0.3) is 0 Å². The van der Waals surface area contributed by atoms with Crippen molar-refractivity contribution in [2.75, 3.05) is 14.2 Å². The number of nitrogens with zero attached hydrogens (tertiary/aromatic N) is 1. The molecule has 0 N–H and O–H groups in total. The molecule has 1 heterocycles. The van der Waals surface area contributed by atoms with E-state index in [1.165, 1.54) is 14.2 Å². The standard InChI is InChI=1S/C13H15NO6.K.26H/c1-18-11(16)6-9(15)7-3-4-8-10(5-7)20-12(14-8)13(17)19-2;;;;;;;;;;;;;;;;;;;;;;;;;;;/h7H,3-6H2,1-2H3;;;;;;;;;;;;;;;;;;;;;;;;;;;/q;+1;26*-1/i;;26*1+2. The maximum Gasteiger partial charge on any atom is 1.00 e. The SMILES string of the molecule is COC(=O)CC(=O)C1CCc2nc(C(=O)OC)oc2C1.[3H-].[3H-].[3H-].[3H-].[3H-].[3H-].[3H-].[3H-].[3H-].[3H-].[3H-].[3H-].[3H-].[3H-].[3H-].[3H-].[3H-].[3H-].[3H-].[3H-].[3H-].[3H-].[3H-].[3H-].[3H-].[3H-].[K+]. The van der Waals surface area contributed by atoms with E-state index in [-0.39, 0.29) is 112 Å². The number of fused-ring (bicyclic) bond motifs is 1. The van der Waals surface area contributed by atoms with Gasteiger partial charge < -0.3 is 51.0 Å². The van der Waals surface area contributed by atoms with E-state index in [1.54, 1.807) is 0 Å². The molecule has 0 spiro atoms. The fourth-order valence-electron chi connectivity index (χ4n) is 2.18. The first kappa shape index (κ1) is 18.5. The molecular weight excluding hydrogens is 305 g/mol. The molecule has 1 atom stereocenters. The fraction of sp³-hybridized carbons (Fsp3) is 0.538. The molecule has 7 nitrogen and oxygen atoms in total.